The second-order valence-corrected chi connectivity index (χ2v) is 6.79. The van der Waals surface area contributed by atoms with Crippen molar-refractivity contribution in [1.82, 2.24) is 29.6 Å². The average molecular weight is 341 g/mol. The lowest BCUT2D eigenvalue weighted by atomic mass is 9.95. The zero-order valence-electron chi connectivity index (χ0n) is 14.2. The largest absolute Gasteiger partial charge is 0.340 e. The summed E-state index contributed by atoms with van der Waals surface area (Å²) in [6, 6.07) is 2.05. The van der Waals surface area contributed by atoms with Crippen LogP contribution in [-0.4, -0.2) is 61.7 Å². The molecular weight excluding hydrogens is 318 g/mol. The van der Waals surface area contributed by atoms with Crippen LogP contribution in [0.15, 0.2) is 31.1 Å². The van der Waals surface area contributed by atoms with Crippen LogP contribution in [0.1, 0.15) is 31.7 Å². The average Bonchev–Trinajstić information content (AvgIpc) is 3.23. The number of carbonyl (C=O) groups excluding carboxylic acids is 1. The summed E-state index contributed by atoms with van der Waals surface area (Å²) >= 11 is 0. The number of hydrogen-bond donors (Lipinski definition) is 0. The predicted octanol–water partition coefficient (Wildman–Crippen LogP) is 1.15. The van der Waals surface area contributed by atoms with E-state index in [0.717, 1.165) is 51.3 Å². The highest BCUT2D eigenvalue weighted by Gasteiger charge is 2.33. The smallest absolute Gasteiger partial charge is 0.227 e. The summed E-state index contributed by atoms with van der Waals surface area (Å²) in [5, 5.41) is 4.24. The first-order valence-electron chi connectivity index (χ1n) is 8.96. The van der Waals surface area contributed by atoms with Crippen molar-refractivity contribution in [3.05, 3.63) is 31.1 Å². The maximum atomic E-state index is 13.1. The van der Waals surface area contributed by atoms with Crippen molar-refractivity contribution in [3.63, 3.8) is 0 Å². The molecule has 0 radical (unpaired) electrons. The van der Waals surface area contributed by atoms with E-state index in [1.54, 1.807) is 25.0 Å². The molecule has 8 nitrogen and oxygen atoms in total. The summed E-state index contributed by atoms with van der Waals surface area (Å²) in [5.41, 5.74) is 0. The summed E-state index contributed by atoms with van der Waals surface area (Å²) in [6.45, 7) is 3.17. The molecule has 1 amide bonds. The lowest BCUT2D eigenvalue weighted by molar-refractivity contribution is -0.137. The zero-order chi connectivity index (χ0) is 17.1. The van der Waals surface area contributed by atoms with Crippen LogP contribution in [0.4, 0.5) is 5.95 Å². The van der Waals surface area contributed by atoms with Crippen molar-refractivity contribution in [2.24, 2.45) is 5.92 Å². The Morgan fingerprint density at radius 1 is 1.08 bits per heavy atom. The first-order valence-corrected chi connectivity index (χ1v) is 8.96. The van der Waals surface area contributed by atoms with Crippen molar-refractivity contribution in [2.45, 2.75) is 31.7 Å². The number of carbonyl (C=O) groups is 1. The standard InChI is InChI=1S/C17H23N7O/c25-16(22-8-2-5-15(11-22)24-13-18-12-21-24)14-4-1-9-23(10-14)17-19-6-3-7-20-17/h3,6-7,12-15H,1-2,4-5,8-11H2/t14-,15+/m0/s1. The molecule has 2 aromatic rings. The van der Waals surface area contributed by atoms with Crippen molar-refractivity contribution < 1.29 is 4.79 Å². The van der Waals surface area contributed by atoms with E-state index < -0.39 is 0 Å². The Morgan fingerprint density at radius 2 is 1.92 bits per heavy atom. The molecule has 132 valence electrons. The van der Waals surface area contributed by atoms with Gasteiger partial charge in [-0.15, -0.1) is 0 Å². The highest BCUT2D eigenvalue weighted by atomic mass is 16.2. The Bertz CT molecular complexity index is 690. The number of anilines is 1. The molecular formula is C17H23N7O. The van der Waals surface area contributed by atoms with Crippen LogP contribution in [0.25, 0.3) is 0 Å². The van der Waals surface area contributed by atoms with E-state index >= 15 is 0 Å². The second kappa shape index (κ2) is 7.16. The molecule has 2 saturated heterocycles. The Labute approximate surface area is 146 Å². The minimum Gasteiger partial charge on any atom is -0.340 e. The zero-order valence-corrected chi connectivity index (χ0v) is 14.2. The van der Waals surface area contributed by atoms with E-state index in [9.17, 15) is 4.79 Å². The summed E-state index contributed by atoms with van der Waals surface area (Å²) in [6.07, 6.45) is 10.8. The van der Waals surface area contributed by atoms with Crippen LogP contribution in [0.2, 0.25) is 0 Å². The second-order valence-electron chi connectivity index (χ2n) is 6.79. The Kier molecular flexibility index (Phi) is 4.58. The first-order chi connectivity index (χ1) is 12.3. The van der Waals surface area contributed by atoms with Gasteiger partial charge in [-0.1, -0.05) is 0 Å². The molecule has 2 atom stereocenters. The Balaban J connectivity index is 1.41. The van der Waals surface area contributed by atoms with Crippen LogP contribution in [-0.2, 0) is 4.79 Å². The maximum absolute atomic E-state index is 13.1. The first kappa shape index (κ1) is 16.0. The topological polar surface area (TPSA) is 80.0 Å². The van der Waals surface area contributed by atoms with Gasteiger partial charge in [0.25, 0.3) is 0 Å². The highest BCUT2D eigenvalue weighted by molar-refractivity contribution is 5.79. The van der Waals surface area contributed by atoms with Gasteiger partial charge in [0.2, 0.25) is 11.9 Å². The number of likely N-dealkylation sites (tertiary alicyclic amines) is 1. The molecule has 4 heterocycles. The van der Waals surface area contributed by atoms with Crippen LogP contribution < -0.4 is 4.90 Å². The molecule has 0 N–H and O–H groups in total. The molecule has 2 aliphatic rings. The molecule has 0 saturated carbocycles. The molecule has 0 aromatic carbocycles. The van der Waals surface area contributed by atoms with Gasteiger partial charge in [0, 0.05) is 38.6 Å². The van der Waals surface area contributed by atoms with Gasteiger partial charge in [-0.2, -0.15) is 5.10 Å². The fourth-order valence-corrected chi connectivity index (χ4v) is 3.85. The Hall–Kier alpha value is -2.51. The minimum atomic E-state index is 0.0204. The van der Waals surface area contributed by atoms with Gasteiger partial charge in [-0.05, 0) is 31.7 Å². The lowest BCUT2D eigenvalue weighted by Gasteiger charge is -2.38. The molecule has 2 aliphatic heterocycles. The monoisotopic (exact) mass is 341 g/mol. The van der Waals surface area contributed by atoms with Crippen LogP contribution in [0.5, 0.6) is 0 Å². The van der Waals surface area contributed by atoms with Crippen LogP contribution >= 0.6 is 0 Å². The van der Waals surface area contributed by atoms with Crippen molar-refractivity contribution in [3.8, 4) is 0 Å². The normalized spacial score (nSPS) is 24.3. The molecule has 2 fully saturated rings. The molecule has 4 rings (SSSR count). The third-order valence-electron chi connectivity index (χ3n) is 5.12. The summed E-state index contributed by atoms with van der Waals surface area (Å²) in [4.78, 5) is 29.9. The number of hydrogen-bond acceptors (Lipinski definition) is 6. The third-order valence-corrected chi connectivity index (χ3v) is 5.12. The van der Waals surface area contributed by atoms with Gasteiger partial charge < -0.3 is 9.80 Å². The number of nitrogens with zero attached hydrogens (tertiary/aromatic N) is 7. The van der Waals surface area contributed by atoms with Gasteiger partial charge in [-0.25, -0.2) is 19.6 Å². The van der Waals surface area contributed by atoms with Gasteiger partial charge >= 0.3 is 0 Å². The van der Waals surface area contributed by atoms with E-state index in [1.807, 2.05) is 15.6 Å². The Morgan fingerprint density at radius 3 is 2.72 bits per heavy atom. The van der Waals surface area contributed by atoms with Gasteiger partial charge in [-0.3, -0.25) is 4.79 Å². The van der Waals surface area contributed by atoms with Crippen molar-refractivity contribution >= 4 is 11.9 Å². The fraction of sp³-hybridized carbons (Fsp3) is 0.588. The fourth-order valence-electron chi connectivity index (χ4n) is 3.85. The van der Waals surface area contributed by atoms with Gasteiger partial charge in [0.05, 0.1) is 12.0 Å². The quantitative estimate of drug-likeness (QED) is 0.833. The number of aromatic nitrogens is 5. The molecule has 0 bridgehead atoms. The number of amides is 1. The van der Waals surface area contributed by atoms with Crippen LogP contribution in [0, 0.1) is 5.92 Å². The van der Waals surface area contributed by atoms with Gasteiger partial charge in [0.1, 0.15) is 12.7 Å². The summed E-state index contributed by atoms with van der Waals surface area (Å²) in [7, 11) is 0. The molecule has 8 heteroatoms. The van der Waals surface area contributed by atoms with Crippen molar-refractivity contribution in [1.29, 1.82) is 0 Å². The molecule has 0 spiro atoms. The highest BCUT2D eigenvalue weighted by Crippen LogP contribution is 2.26. The number of rotatable bonds is 3. The SMILES string of the molecule is O=C([C@H]1CCCN(c2ncccn2)C1)N1CCC[C@@H](n2cncn2)C1. The van der Waals surface area contributed by atoms with E-state index in [4.69, 9.17) is 0 Å². The predicted molar refractivity (Wildman–Crippen MR) is 91.8 cm³/mol. The summed E-state index contributed by atoms with van der Waals surface area (Å²) in [5.74, 6) is 0.997. The summed E-state index contributed by atoms with van der Waals surface area (Å²) < 4.78 is 1.88. The number of piperidine rings is 2. The maximum Gasteiger partial charge on any atom is 0.227 e. The lowest BCUT2D eigenvalue weighted by Crippen LogP contribution is -2.48. The van der Waals surface area contributed by atoms with E-state index in [0.29, 0.717) is 6.54 Å². The van der Waals surface area contributed by atoms with Crippen molar-refractivity contribution in [2.75, 3.05) is 31.1 Å². The molecule has 0 unspecified atom stereocenters. The molecule has 0 aliphatic carbocycles. The van der Waals surface area contributed by atoms with E-state index in [1.165, 1.54) is 0 Å². The minimum absolute atomic E-state index is 0.0204. The van der Waals surface area contributed by atoms with Crippen LogP contribution in [0.3, 0.4) is 0 Å². The third kappa shape index (κ3) is 3.47. The van der Waals surface area contributed by atoms with E-state index in [-0.39, 0.29) is 17.9 Å². The van der Waals surface area contributed by atoms with E-state index in [2.05, 4.69) is 25.0 Å². The van der Waals surface area contributed by atoms with Gasteiger partial charge in [0.15, 0.2) is 0 Å². The molecule has 25 heavy (non-hydrogen) atoms. The molecule has 2 aromatic heterocycles.